The summed E-state index contributed by atoms with van der Waals surface area (Å²) in [5, 5.41) is 1.25. The molecule has 0 aliphatic heterocycles. The maximum atomic E-state index is 2.51. The molecule has 0 spiro atoms. The van der Waals surface area contributed by atoms with E-state index in [1.54, 1.807) is 0 Å². The molecule has 0 unspecified atom stereocenters. The molecule has 0 aliphatic carbocycles. The van der Waals surface area contributed by atoms with Crippen molar-refractivity contribution >= 4 is 53.7 Å². The molecule has 0 heterocycles. The molecule has 0 nitrogen and oxygen atoms in total. The molecule has 0 fully saturated rings. The van der Waals surface area contributed by atoms with Crippen LogP contribution in [0.1, 0.15) is 6.92 Å². The third kappa shape index (κ3) is 3.70. The van der Waals surface area contributed by atoms with Crippen LogP contribution in [0.15, 0.2) is 0 Å². The van der Waals surface area contributed by atoms with Crippen molar-refractivity contribution in [2.45, 2.75) is 12.3 Å². The first kappa shape index (κ1) is 9.73. The van der Waals surface area contributed by atoms with Gasteiger partial charge in [-0.2, -0.15) is 0 Å². The highest BCUT2D eigenvalue weighted by Crippen LogP contribution is 2.46. The molecule has 0 N–H and O–H groups in total. The summed E-state index contributed by atoms with van der Waals surface area (Å²) in [4.78, 5) is 0. The Morgan fingerprint density at radius 2 is 1.25 bits per heavy atom. The fraction of sp³-hybridized carbons (Fsp3) is 1.00. The minimum atomic E-state index is 0.675. The van der Waals surface area contributed by atoms with E-state index in [1.807, 2.05) is 0 Å². The van der Waals surface area contributed by atoms with Gasteiger partial charge in [-0.05, 0) is 5.40 Å². The van der Waals surface area contributed by atoms with E-state index in [4.69, 9.17) is 0 Å². The largest absolute Gasteiger partial charge is 0.144 e. The summed E-state index contributed by atoms with van der Waals surface area (Å²) in [7, 11) is 7.50. The van der Waals surface area contributed by atoms with Crippen LogP contribution in [0.2, 0.25) is 0 Å². The Morgan fingerprint density at radius 1 is 1.00 bits per heavy atom. The number of hydrogen-bond acceptors (Lipinski definition) is 0. The first-order valence-corrected chi connectivity index (χ1v) is 18.2. The van der Waals surface area contributed by atoms with Gasteiger partial charge < -0.3 is 0 Å². The van der Waals surface area contributed by atoms with Gasteiger partial charge in [-0.3, -0.25) is 0 Å². The SMILES string of the molecule is CC(P([SiH3])[SiH3])P([SiH3])[SiH3]. The van der Waals surface area contributed by atoms with Gasteiger partial charge in [-0.15, -0.1) is 14.0 Å². The van der Waals surface area contributed by atoms with Gasteiger partial charge in [-0.25, -0.2) is 0 Å². The zero-order valence-electron chi connectivity index (χ0n) is 6.47. The second-order valence-corrected chi connectivity index (χ2v) is 36.0. The summed E-state index contributed by atoms with van der Waals surface area (Å²) < 4.78 is 0. The Morgan fingerprint density at radius 3 is 1.25 bits per heavy atom. The molecule has 50 valence electrons. The summed E-state index contributed by atoms with van der Waals surface area (Å²) in [6.45, 7) is 2.51. The topological polar surface area (TPSA) is 0 Å². The number of rotatable bonds is 2. The Kier molecular flexibility index (Phi) is 5.51. The van der Waals surface area contributed by atoms with E-state index in [0.29, 0.717) is 14.0 Å². The summed E-state index contributed by atoms with van der Waals surface area (Å²) >= 11 is 0. The predicted molar refractivity (Wildman–Crippen MR) is 63.1 cm³/mol. The van der Waals surface area contributed by atoms with Crippen LogP contribution >= 0.6 is 14.0 Å². The molecule has 8 heavy (non-hydrogen) atoms. The normalized spacial score (nSPS) is 23.6. The molecular weight excluding hydrogens is 198 g/mol. The van der Waals surface area contributed by atoms with Gasteiger partial charge in [-0.1, -0.05) is 6.92 Å². The highest BCUT2D eigenvalue weighted by molar-refractivity contribution is 8.14. The van der Waals surface area contributed by atoms with Crippen molar-refractivity contribution in [1.29, 1.82) is 0 Å². The molecule has 0 aliphatic rings. The monoisotopic (exact) mass is 214 g/mol. The van der Waals surface area contributed by atoms with Crippen LogP contribution in [0, 0.1) is 0 Å². The summed E-state index contributed by atoms with van der Waals surface area (Å²) in [6.07, 6.45) is 0. The molecule has 0 aromatic heterocycles. The molecule has 0 radical (unpaired) electrons. The summed E-state index contributed by atoms with van der Waals surface area (Å²) in [5.41, 5.74) is 0. The van der Waals surface area contributed by atoms with Gasteiger partial charge in [0.15, 0.2) is 0 Å². The Bertz CT molecular complexity index is 57.1. The molecule has 0 aromatic rings. The van der Waals surface area contributed by atoms with Gasteiger partial charge in [0, 0.05) is 39.6 Å². The fourth-order valence-electron chi connectivity index (χ4n) is 0.462. The van der Waals surface area contributed by atoms with Gasteiger partial charge >= 0.3 is 0 Å². The smallest absolute Gasteiger partial charge is 0.0279 e. The Hall–Kier alpha value is 1.73. The van der Waals surface area contributed by atoms with Gasteiger partial charge in [0.05, 0.1) is 0 Å². The molecule has 0 saturated carbocycles. The van der Waals surface area contributed by atoms with E-state index < -0.39 is 0 Å². The molecular formula is C2H16P2Si4. The molecule has 6 heteroatoms. The summed E-state index contributed by atoms with van der Waals surface area (Å²) in [6, 6.07) is 0. The first-order chi connectivity index (χ1) is 3.55. The predicted octanol–water partition coefficient (Wildman–Crippen LogP) is -2.58. The lowest BCUT2D eigenvalue weighted by molar-refractivity contribution is 1.42. The zero-order chi connectivity index (χ0) is 6.73. The van der Waals surface area contributed by atoms with Gasteiger partial charge in [0.1, 0.15) is 0 Å². The van der Waals surface area contributed by atoms with Crippen LogP contribution in [-0.4, -0.2) is 45.0 Å². The number of hydrogen-bond donors (Lipinski definition) is 0. The quantitative estimate of drug-likeness (QED) is 0.350. The van der Waals surface area contributed by atoms with Crippen molar-refractivity contribution in [3.63, 3.8) is 0 Å². The van der Waals surface area contributed by atoms with Crippen molar-refractivity contribution in [1.82, 2.24) is 0 Å². The van der Waals surface area contributed by atoms with Crippen molar-refractivity contribution in [3.05, 3.63) is 0 Å². The standard InChI is InChI=1S/C2H16P2Si4/c1-2(3(5)6)4(7)8/h2H,1,5-8H3. The van der Waals surface area contributed by atoms with Crippen LogP contribution < -0.4 is 0 Å². The minimum Gasteiger partial charge on any atom is -0.144 e. The Labute approximate surface area is 66.2 Å². The average molecular weight is 214 g/mol. The second kappa shape index (κ2) is 4.53. The highest BCUT2D eigenvalue weighted by atomic mass is 31.6. The van der Waals surface area contributed by atoms with Gasteiger partial charge in [0.25, 0.3) is 0 Å². The maximum absolute atomic E-state index is 2.51. The maximum Gasteiger partial charge on any atom is 0.0279 e. The molecule has 0 bridgehead atoms. The zero-order valence-corrected chi connectivity index (χ0v) is 16.3. The summed E-state index contributed by atoms with van der Waals surface area (Å²) in [5.74, 6) is 0. The first-order valence-electron chi connectivity index (χ1n) is 2.88. The lowest BCUT2D eigenvalue weighted by Crippen LogP contribution is -1.96. The van der Waals surface area contributed by atoms with Crippen molar-refractivity contribution in [2.75, 3.05) is 0 Å². The molecule has 0 atom stereocenters. The van der Waals surface area contributed by atoms with Crippen molar-refractivity contribution in [2.24, 2.45) is 0 Å². The van der Waals surface area contributed by atoms with E-state index in [2.05, 4.69) is 6.92 Å². The van der Waals surface area contributed by atoms with E-state index in [-0.39, 0.29) is 0 Å². The fourth-order valence-corrected chi connectivity index (χ4v) is 37.4. The highest BCUT2D eigenvalue weighted by Gasteiger charge is 2.07. The molecule has 0 amide bonds. The Balaban J connectivity index is 3.46. The second-order valence-electron chi connectivity index (χ2n) is 2.56. The van der Waals surface area contributed by atoms with Crippen molar-refractivity contribution in [3.8, 4) is 0 Å². The van der Waals surface area contributed by atoms with Gasteiger partial charge in [0.2, 0.25) is 0 Å². The molecule has 0 aromatic carbocycles. The molecule has 0 rings (SSSR count). The van der Waals surface area contributed by atoms with E-state index in [9.17, 15) is 0 Å². The molecule has 0 saturated heterocycles. The third-order valence-corrected chi connectivity index (χ3v) is 21.8. The van der Waals surface area contributed by atoms with Crippen LogP contribution in [0.5, 0.6) is 0 Å². The van der Waals surface area contributed by atoms with Crippen LogP contribution in [0.25, 0.3) is 0 Å². The van der Waals surface area contributed by atoms with E-state index in [0.717, 1.165) is 0 Å². The minimum absolute atomic E-state index is 0.675. The van der Waals surface area contributed by atoms with E-state index >= 15 is 0 Å². The lowest BCUT2D eigenvalue weighted by Gasteiger charge is -2.20. The van der Waals surface area contributed by atoms with Crippen LogP contribution in [-0.2, 0) is 0 Å². The lowest BCUT2D eigenvalue weighted by atomic mass is 11.0. The van der Waals surface area contributed by atoms with E-state index in [1.165, 1.54) is 45.0 Å². The van der Waals surface area contributed by atoms with Crippen LogP contribution in [0.4, 0.5) is 0 Å². The third-order valence-electron chi connectivity index (χ3n) is 1.49. The van der Waals surface area contributed by atoms with Crippen LogP contribution in [0.3, 0.4) is 0 Å². The van der Waals surface area contributed by atoms with Crippen molar-refractivity contribution < 1.29 is 0 Å². The average Bonchev–Trinajstić information content (AvgIpc) is 1.64.